The molecule has 1 saturated carbocycles. The minimum atomic E-state index is -0.856. The van der Waals surface area contributed by atoms with Gasteiger partial charge in [-0.25, -0.2) is 0 Å². The summed E-state index contributed by atoms with van der Waals surface area (Å²) in [5.74, 6) is -1.41. The van der Waals surface area contributed by atoms with E-state index in [-0.39, 0.29) is 30.2 Å². The molecule has 3 rings (SSSR count). The lowest BCUT2D eigenvalue weighted by atomic mass is 9.99. The van der Waals surface area contributed by atoms with E-state index in [0.717, 1.165) is 12.8 Å². The van der Waals surface area contributed by atoms with Crippen LogP contribution in [0.5, 0.6) is 0 Å². The average molecular weight is 316 g/mol. The maximum atomic E-state index is 12.5. The third-order valence-electron chi connectivity index (χ3n) is 4.56. The SMILES string of the molecule is C[C@@H]1CN(C(=O)c2ccc(NC(=O)C3CC3)cc2)C[C@H]1C(=O)O. The number of hydrogen-bond acceptors (Lipinski definition) is 3. The number of likely N-dealkylation sites (tertiary alicyclic amines) is 1. The van der Waals surface area contributed by atoms with Gasteiger partial charge in [0.25, 0.3) is 5.91 Å². The third kappa shape index (κ3) is 3.36. The molecule has 0 bridgehead atoms. The maximum Gasteiger partial charge on any atom is 0.308 e. The zero-order valence-electron chi connectivity index (χ0n) is 13.0. The summed E-state index contributed by atoms with van der Waals surface area (Å²) in [5, 5.41) is 12.0. The average Bonchev–Trinajstić information content (AvgIpc) is 3.30. The zero-order valence-corrected chi connectivity index (χ0v) is 13.0. The van der Waals surface area contributed by atoms with Crippen LogP contribution in [0.15, 0.2) is 24.3 Å². The number of carboxylic acid groups (broad SMARTS) is 1. The van der Waals surface area contributed by atoms with Gasteiger partial charge in [-0.15, -0.1) is 0 Å². The van der Waals surface area contributed by atoms with Gasteiger partial charge in [0.1, 0.15) is 0 Å². The highest BCUT2D eigenvalue weighted by molar-refractivity contribution is 5.97. The number of aliphatic carboxylic acids is 1. The van der Waals surface area contributed by atoms with Crippen LogP contribution in [0.25, 0.3) is 0 Å². The van der Waals surface area contributed by atoms with Crippen molar-refractivity contribution in [1.29, 1.82) is 0 Å². The lowest BCUT2D eigenvalue weighted by molar-refractivity contribution is -0.142. The molecule has 0 radical (unpaired) electrons. The number of benzene rings is 1. The minimum Gasteiger partial charge on any atom is -0.481 e. The second-order valence-corrected chi connectivity index (χ2v) is 6.47. The summed E-state index contributed by atoms with van der Waals surface area (Å²) in [7, 11) is 0. The van der Waals surface area contributed by atoms with E-state index in [2.05, 4.69) is 5.32 Å². The summed E-state index contributed by atoms with van der Waals surface area (Å²) in [6.45, 7) is 2.55. The van der Waals surface area contributed by atoms with Crippen molar-refractivity contribution in [2.75, 3.05) is 18.4 Å². The smallest absolute Gasteiger partial charge is 0.308 e. The van der Waals surface area contributed by atoms with Crippen molar-refractivity contribution in [3.8, 4) is 0 Å². The van der Waals surface area contributed by atoms with Crippen molar-refractivity contribution >= 4 is 23.5 Å². The van der Waals surface area contributed by atoms with E-state index in [0.29, 0.717) is 17.8 Å². The molecule has 1 aromatic rings. The highest BCUT2D eigenvalue weighted by Crippen LogP contribution is 2.30. The van der Waals surface area contributed by atoms with Crippen LogP contribution in [0.3, 0.4) is 0 Å². The molecule has 2 atom stereocenters. The van der Waals surface area contributed by atoms with Gasteiger partial charge in [0, 0.05) is 30.3 Å². The summed E-state index contributed by atoms with van der Waals surface area (Å²) in [5.41, 5.74) is 1.18. The summed E-state index contributed by atoms with van der Waals surface area (Å²) < 4.78 is 0. The van der Waals surface area contributed by atoms with Crippen LogP contribution in [0.1, 0.15) is 30.1 Å². The van der Waals surface area contributed by atoms with Crippen molar-refractivity contribution in [1.82, 2.24) is 4.90 Å². The van der Waals surface area contributed by atoms with Crippen LogP contribution in [0.2, 0.25) is 0 Å². The van der Waals surface area contributed by atoms with Gasteiger partial charge in [-0.3, -0.25) is 14.4 Å². The number of amides is 2. The first-order valence-corrected chi connectivity index (χ1v) is 7.88. The number of carbonyl (C=O) groups is 3. The fourth-order valence-electron chi connectivity index (χ4n) is 2.92. The summed E-state index contributed by atoms with van der Waals surface area (Å²) in [4.78, 5) is 36.9. The summed E-state index contributed by atoms with van der Waals surface area (Å²) in [6, 6.07) is 6.76. The molecule has 0 aromatic heterocycles. The molecule has 1 saturated heterocycles. The van der Waals surface area contributed by atoms with Gasteiger partial charge < -0.3 is 15.3 Å². The molecule has 2 fully saturated rings. The van der Waals surface area contributed by atoms with Crippen molar-refractivity contribution in [3.63, 3.8) is 0 Å². The van der Waals surface area contributed by atoms with Crippen LogP contribution in [0, 0.1) is 17.8 Å². The van der Waals surface area contributed by atoms with E-state index in [1.165, 1.54) is 0 Å². The monoisotopic (exact) mass is 316 g/mol. The lowest BCUT2D eigenvalue weighted by Gasteiger charge is -2.16. The molecule has 2 aliphatic rings. The quantitative estimate of drug-likeness (QED) is 0.887. The Morgan fingerprint density at radius 2 is 1.78 bits per heavy atom. The van der Waals surface area contributed by atoms with Crippen molar-refractivity contribution < 1.29 is 19.5 Å². The normalized spacial score (nSPS) is 23.6. The number of nitrogens with zero attached hydrogens (tertiary/aromatic N) is 1. The Morgan fingerprint density at radius 3 is 2.30 bits per heavy atom. The predicted octanol–water partition coefficient (Wildman–Crippen LogP) is 1.83. The maximum absolute atomic E-state index is 12.5. The molecular formula is C17H20N2O4. The Morgan fingerprint density at radius 1 is 1.13 bits per heavy atom. The molecule has 2 N–H and O–H groups in total. The largest absolute Gasteiger partial charge is 0.481 e. The second kappa shape index (κ2) is 6.02. The Hall–Kier alpha value is -2.37. The van der Waals surface area contributed by atoms with Gasteiger partial charge in [-0.05, 0) is 43.0 Å². The molecule has 1 aliphatic carbocycles. The van der Waals surface area contributed by atoms with E-state index in [1.54, 1.807) is 29.2 Å². The summed E-state index contributed by atoms with van der Waals surface area (Å²) in [6.07, 6.45) is 1.89. The molecule has 1 heterocycles. The van der Waals surface area contributed by atoms with Gasteiger partial charge in [0.05, 0.1) is 5.92 Å². The van der Waals surface area contributed by atoms with Gasteiger partial charge >= 0.3 is 5.97 Å². The number of anilines is 1. The minimum absolute atomic E-state index is 0.0294. The standard InChI is InChI=1S/C17H20N2O4/c1-10-8-19(9-14(10)17(22)23)16(21)12-4-6-13(7-5-12)18-15(20)11-2-3-11/h4-7,10-11,14H,2-3,8-9H2,1H3,(H,18,20)(H,22,23)/t10-,14-/m1/s1. The number of nitrogens with one attached hydrogen (secondary N) is 1. The topological polar surface area (TPSA) is 86.7 Å². The van der Waals surface area contributed by atoms with E-state index in [9.17, 15) is 14.4 Å². The van der Waals surface area contributed by atoms with Crippen LogP contribution >= 0.6 is 0 Å². The van der Waals surface area contributed by atoms with Crippen LogP contribution in [-0.2, 0) is 9.59 Å². The number of rotatable bonds is 4. The molecule has 1 aromatic carbocycles. The van der Waals surface area contributed by atoms with Crippen molar-refractivity contribution in [2.45, 2.75) is 19.8 Å². The first kappa shape index (κ1) is 15.5. The molecule has 6 heteroatoms. The summed E-state index contributed by atoms with van der Waals surface area (Å²) >= 11 is 0. The molecule has 0 unspecified atom stereocenters. The Labute approximate surface area is 134 Å². The van der Waals surface area contributed by atoms with Gasteiger partial charge in [-0.1, -0.05) is 6.92 Å². The van der Waals surface area contributed by atoms with Crippen LogP contribution in [-0.4, -0.2) is 40.9 Å². The Balaban J connectivity index is 1.63. The number of hydrogen-bond donors (Lipinski definition) is 2. The molecule has 2 amide bonds. The molecule has 0 spiro atoms. The molecule has 6 nitrogen and oxygen atoms in total. The number of carboxylic acids is 1. The number of carbonyl (C=O) groups excluding carboxylic acids is 2. The molecule has 23 heavy (non-hydrogen) atoms. The second-order valence-electron chi connectivity index (χ2n) is 6.47. The van der Waals surface area contributed by atoms with Crippen LogP contribution in [0.4, 0.5) is 5.69 Å². The lowest BCUT2D eigenvalue weighted by Crippen LogP contribution is -2.29. The molecule has 1 aliphatic heterocycles. The van der Waals surface area contributed by atoms with E-state index in [1.807, 2.05) is 6.92 Å². The fraction of sp³-hybridized carbons (Fsp3) is 0.471. The molecular weight excluding hydrogens is 296 g/mol. The van der Waals surface area contributed by atoms with E-state index >= 15 is 0 Å². The van der Waals surface area contributed by atoms with Crippen LogP contribution < -0.4 is 5.32 Å². The first-order valence-electron chi connectivity index (χ1n) is 7.88. The zero-order chi connectivity index (χ0) is 16.6. The highest BCUT2D eigenvalue weighted by Gasteiger charge is 2.37. The fourth-order valence-corrected chi connectivity index (χ4v) is 2.92. The molecule has 122 valence electrons. The van der Waals surface area contributed by atoms with E-state index in [4.69, 9.17) is 5.11 Å². The van der Waals surface area contributed by atoms with Gasteiger partial charge in [0.15, 0.2) is 0 Å². The van der Waals surface area contributed by atoms with Crippen molar-refractivity contribution in [2.24, 2.45) is 17.8 Å². The van der Waals surface area contributed by atoms with Gasteiger partial charge in [-0.2, -0.15) is 0 Å². The van der Waals surface area contributed by atoms with E-state index < -0.39 is 11.9 Å². The highest BCUT2D eigenvalue weighted by atomic mass is 16.4. The Bertz CT molecular complexity index is 636. The third-order valence-corrected chi connectivity index (χ3v) is 4.56. The first-order chi connectivity index (χ1) is 11.0. The van der Waals surface area contributed by atoms with Gasteiger partial charge in [0.2, 0.25) is 5.91 Å². The predicted molar refractivity (Wildman–Crippen MR) is 84.0 cm³/mol. The van der Waals surface area contributed by atoms with Crippen molar-refractivity contribution in [3.05, 3.63) is 29.8 Å². The Kier molecular flexibility index (Phi) is 4.07.